The number of halogens is 1. The average molecular weight is 323 g/mol. The molecule has 0 bridgehead atoms. The maximum absolute atomic E-state index is 12.8. The standard InChI is InChI=1S/C18H26N2O.ClH/c1-18(16-6-3-2-4-7-16)10-5-13-20(14-18)17(21)15-8-11-19-12-9-15;/h2-4,6-7,15,19H,5,8-14H2,1H3;1H. The summed E-state index contributed by atoms with van der Waals surface area (Å²) in [5, 5.41) is 3.34. The van der Waals surface area contributed by atoms with Crippen LogP contribution in [-0.2, 0) is 10.2 Å². The molecule has 1 atom stereocenters. The first-order chi connectivity index (χ1) is 10.2. The molecule has 1 aromatic carbocycles. The van der Waals surface area contributed by atoms with Gasteiger partial charge >= 0.3 is 0 Å². The Morgan fingerprint density at radius 3 is 2.59 bits per heavy atom. The van der Waals surface area contributed by atoms with E-state index >= 15 is 0 Å². The summed E-state index contributed by atoms with van der Waals surface area (Å²) in [7, 11) is 0. The number of rotatable bonds is 2. The number of nitrogens with zero attached hydrogens (tertiary/aromatic N) is 1. The van der Waals surface area contributed by atoms with Gasteiger partial charge in [0.25, 0.3) is 0 Å². The van der Waals surface area contributed by atoms with Crippen molar-refractivity contribution in [2.75, 3.05) is 26.2 Å². The smallest absolute Gasteiger partial charge is 0.225 e. The first-order valence-electron chi connectivity index (χ1n) is 8.24. The number of piperidine rings is 2. The molecule has 1 aromatic rings. The predicted octanol–water partition coefficient (Wildman–Crippen LogP) is 2.99. The zero-order valence-electron chi connectivity index (χ0n) is 13.4. The van der Waals surface area contributed by atoms with Crippen LogP contribution in [0.5, 0.6) is 0 Å². The molecule has 0 aromatic heterocycles. The fourth-order valence-corrected chi connectivity index (χ4v) is 3.83. The summed E-state index contributed by atoms with van der Waals surface area (Å²) in [6.07, 6.45) is 4.28. The number of carbonyl (C=O) groups is 1. The van der Waals surface area contributed by atoms with E-state index < -0.39 is 0 Å². The number of likely N-dealkylation sites (tertiary alicyclic amines) is 1. The van der Waals surface area contributed by atoms with Crippen LogP contribution in [0.2, 0.25) is 0 Å². The molecule has 0 radical (unpaired) electrons. The van der Waals surface area contributed by atoms with Crippen LogP contribution in [0.15, 0.2) is 30.3 Å². The molecule has 3 rings (SSSR count). The van der Waals surface area contributed by atoms with Crippen LogP contribution in [0, 0.1) is 5.92 Å². The van der Waals surface area contributed by atoms with Crippen molar-refractivity contribution in [3.8, 4) is 0 Å². The molecule has 1 unspecified atom stereocenters. The highest BCUT2D eigenvalue weighted by atomic mass is 35.5. The Labute approximate surface area is 139 Å². The Kier molecular flexibility index (Phi) is 5.87. The Morgan fingerprint density at radius 1 is 1.23 bits per heavy atom. The zero-order chi connectivity index (χ0) is 14.7. The predicted molar refractivity (Wildman–Crippen MR) is 92.4 cm³/mol. The van der Waals surface area contributed by atoms with Gasteiger partial charge in [-0.3, -0.25) is 4.79 Å². The second-order valence-corrected chi connectivity index (χ2v) is 6.81. The zero-order valence-corrected chi connectivity index (χ0v) is 14.2. The summed E-state index contributed by atoms with van der Waals surface area (Å²) in [5.74, 6) is 0.628. The monoisotopic (exact) mass is 322 g/mol. The third kappa shape index (κ3) is 3.64. The van der Waals surface area contributed by atoms with E-state index in [-0.39, 0.29) is 23.7 Å². The summed E-state index contributed by atoms with van der Waals surface area (Å²) in [5.41, 5.74) is 1.48. The lowest BCUT2D eigenvalue weighted by atomic mass is 9.75. The third-order valence-electron chi connectivity index (χ3n) is 5.17. The van der Waals surface area contributed by atoms with E-state index in [0.717, 1.165) is 45.4 Å². The lowest BCUT2D eigenvalue weighted by Crippen LogP contribution is -2.50. The van der Waals surface area contributed by atoms with Crippen molar-refractivity contribution in [1.29, 1.82) is 0 Å². The number of carbonyl (C=O) groups excluding carboxylic acids is 1. The molecule has 0 saturated carbocycles. The molecule has 122 valence electrons. The molecule has 0 aliphatic carbocycles. The molecule has 2 heterocycles. The van der Waals surface area contributed by atoms with Crippen molar-refractivity contribution in [2.24, 2.45) is 5.92 Å². The van der Waals surface area contributed by atoms with E-state index in [2.05, 4.69) is 47.5 Å². The summed E-state index contributed by atoms with van der Waals surface area (Å²) in [6.45, 7) is 6.09. The summed E-state index contributed by atoms with van der Waals surface area (Å²) in [6, 6.07) is 10.7. The molecular weight excluding hydrogens is 296 g/mol. The van der Waals surface area contributed by atoms with Gasteiger partial charge in [-0.25, -0.2) is 0 Å². The number of hydrogen-bond acceptors (Lipinski definition) is 2. The molecule has 2 aliphatic rings. The fraction of sp³-hybridized carbons (Fsp3) is 0.611. The maximum Gasteiger partial charge on any atom is 0.225 e. The largest absolute Gasteiger partial charge is 0.342 e. The second kappa shape index (κ2) is 7.47. The lowest BCUT2D eigenvalue weighted by Gasteiger charge is -2.42. The van der Waals surface area contributed by atoms with E-state index in [0.29, 0.717) is 5.91 Å². The molecule has 2 aliphatic heterocycles. The van der Waals surface area contributed by atoms with Crippen LogP contribution in [0.4, 0.5) is 0 Å². The van der Waals surface area contributed by atoms with Gasteiger partial charge in [0.2, 0.25) is 5.91 Å². The Bertz CT molecular complexity index is 487. The van der Waals surface area contributed by atoms with E-state index in [1.54, 1.807) is 0 Å². The van der Waals surface area contributed by atoms with Crippen LogP contribution < -0.4 is 5.32 Å². The molecule has 0 spiro atoms. The minimum Gasteiger partial charge on any atom is -0.342 e. The van der Waals surface area contributed by atoms with Crippen LogP contribution in [0.25, 0.3) is 0 Å². The van der Waals surface area contributed by atoms with Gasteiger partial charge in [0.1, 0.15) is 0 Å². The van der Waals surface area contributed by atoms with Crippen molar-refractivity contribution in [3.63, 3.8) is 0 Å². The van der Waals surface area contributed by atoms with E-state index in [9.17, 15) is 4.79 Å². The molecule has 4 heteroatoms. The van der Waals surface area contributed by atoms with Crippen molar-refractivity contribution in [1.82, 2.24) is 10.2 Å². The van der Waals surface area contributed by atoms with Gasteiger partial charge in [0, 0.05) is 24.4 Å². The molecule has 2 saturated heterocycles. The number of nitrogens with one attached hydrogen (secondary N) is 1. The van der Waals surface area contributed by atoms with Crippen molar-refractivity contribution < 1.29 is 4.79 Å². The van der Waals surface area contributed by atoms with E-state index in [4.69, 9.17) is 0 Å². The first kappa shape index (κ1) is 17.3. The molecule has 2 fully saturated rings. The summed E-state index contributed by atoms with van der Waals surface area (Å²) >= 11 is 0. The normalized spacial score (nSPS) is 26.3. The van der Waals surface area contributed by atoms with E-state index in [1.165, 1.54) is 12.0 Å². The molecule has 1 amide bonds. The second-order valence-electron chi connectivity index (χ2n) is 6.81. The Morgan fingerprint density at radius 2 is 1.91 bits per heavy atom. The summed E-state index contributed by atoms with van der Waals surface area (Å²) in [4.78, 5) is 14.9. The Balaban J connectivity index is 0.00000176. The van der Waals surface area contributed by atoms with Gasteiger partial charge < -0.3 is 10.2 Å². The topological polar surface area (TPSA) is 32.3 Å². The van der Waals surface area contributed by atoms with Gasteiger partial charge in [0.15, 0.2) is 0 Å². The van der Waals surface area contributed by atoms with Crippen molar-refractivity contribution >= 4 is 18.3 Å². The molecule has 1 N–H and O–H groups in total. The van der Waals surface area contributed by atoms with Crippen molar-refractivity contribution in [2.45, 2.75) is 38.0 Å². The fourth-order valence-electron chi connectivity index (χ4n) is 3.83. The SMILES string of the molecule is CC1(c2ccccc2)CCCN(C(=O)C2CCNCC2)C1.Cl. The number of hydrogen-bond donors (Lipinski definition) is 1. The quantitative estimate of drug-likeness (QED) is 0.908. The lowest BCUT2D eigenvalue weighted by molar-refractivity contribution is -0.138. The minimum atomic E-state index is 0. The number of benzene rings is 1. The van der Waals surface area contributed by atoms with Crippen molar-refractivity contribution in [3.05, 3.63) is 35.9 Å². The average Bonchev–Trinajstić information content (AvgIpc) is 2.56. The molecule has 3 nitrogen and oxygen atoms in total. The van der Waals surface area contributed by atoms with Crippen LogP contribution in [-0.4, -0.2) is 37.0 Å². The highest BCUT2D eigenvalue weighted by molar-refractivity contribution is 5.85. The maximum atomic E-state index is 12.8. The summed E-state index contributed by atoms with van der Waals surface area (Å²) < 4.78 is 0. The minimum absolute atomic E-state index is 0. The highest BCUT2D eigenvalue weighted by Crippen LogP contribution is 2.34. The third-order valence-corrected chi connectivity index (χ3v) is 5.17. The van der Waals surface area contributed by atoms with Gasteiger partial charge in [-0.15, -0.1) is 12.4 Å². The molecule has 22 heavy (non-hydrogen) atoms. The highest BCUT2D eigenvalue weighted by Gasteiger charge is 2.36. The van der Waals surface area contributed by atoms with Crippen LogP contribution in [0.3, 0.4) is 0 Å². The van der Waals surface area contributed by atoms with Gasteiger partial charge in [-0.05, 0) is 44.3 Å². The first-order valence-corrected chi connectivity index (χ1v) is 8.24. The van der Waals surface area contributed by atoms with E-state index in [1.807, 2.05) is 0 Å². The Hall–Kier alpha value is -1.06. The van der Waals surface area contributed by atoms with Gasteiger partial charge in [0.05, 0.1) is 0 Å². The van der Waals surface area contributed by atoms with Gasteiger partial charge in [-0.1, -0.05) is 37.3 Å². The van der Waals surface area contributed by atoms with Crippen LogP contribution in [0.1, 0.15) is 38.2 Å². The number of amides is 1. The molecular formula is C18H27ClN2O. The van der Waals surface area contributed by atoms with Gasteiger partial charge in [-0.2, -0.15) is 0 Å². The van der Waals surface area contributed by atoms with Crippen LogP contribution >= 0.6 is 12.4 Å².